The van der Waals surface area contributed by atoms with Crippen molar-refractivity contribution in [2.24, 2.45) is 4.99 Å². The number of hydrogen-bond donors (Lipinski definition) is 3. The maximum absolute atomic E-state index is 10.0. The summed E-state index contributed by atoms with van der Waals surface area (Å²) in [5.41, 5.74) is 0.832. The van der Waals surface area contributed by atoms with Gasteiger partial charge in [0.2, 0.25) is 0 Å². The van der Waals surface area contributed by atoms with E-state index in [0.717, 1.165) is 30.4 Å². The molecule has 0 aliphatic heterocycles. The first kappa shape index (κ1) is 19.5. The molecule has 0 bridgehead atoms. The molecule has 0 aliphatic carbocycles. The van der Waals surface area contributed by atoms with Crippen molar-refractivity contribution in [3.05, 3.63) is 30.1 Å². The second-order valence-corrected chi connectivity index (χ2v) is 4.92. The summed E-state index contributed by atoms with van der Waals surface area (Å²) in [6, 6.07) is 3.60. The number of aliphatic hydroxyl groups excluding tert-OH is 1. The molecule has 0 aromatic carbocycles. The van der Waals surface area contributed by atoms with Crippen molar-refractivity contribution in [1.82, 2.24) is 15.6 Å². The number of aromatic nitrogens is 1. The molecule has 7 heteroatoms. The number of guanidine groups is 1. The van der Waals surface area contributed by atoms with Gasteiger partial charge in [-0.25, -0.2) is 0 Å². The summed E-state index contributed by atoms with van der Waals surface area (Å²) in [5.74, 6) is 1.77. The highest BCUT2D eigenvalue weighted by Gasteiger charge is 2.06. The Morgan fingerprint density at radius 2 is 2.10 bits per heavy atom. The van der Waals surface area contributed by atoms with E-state index in [1.807, 2.05) is 6.92 Å². The summed E-state index contributed by atoms with van der Waals surface area (Å²) in [5, 5.41) is 16.4. The Morgan fingerprint density at radius 3 is 2.70 bits per heavy atom. The zero-order valence-electron chi connectivity index (χ0n) is 11.9. The van der Waals surface area contributed by atoms with Gasteiger partial charge < -0.3 is 15.7 Å². The van der Waals surface area contributed by atoms with Gasteiger partial charge in [-0.15, -0.1) is 24.0 Å². The maximum atomic E-state index is 10.0. The normalized spacial score (nSPS) is 12.4. The van der Waals surface area contributed by atoms with E-state index < -0.39 is 6.10 Å². The fourth-order valence-corrected chi connectivity index (χ4v) is 1.79. The van der Waals surface area contributed by atoms with Crippen LogP contribution in [0, 0.1) is 0 Å². The van der Waals surface area contributed by atoms with Gasteiger partial charge in [-0.1, -0.05) is 0 Å². The molecule has 0 fully saturated rings. The Kier molecular flexibility index (Phi) is 11.9. The largest absolute Gasteiger partial charge is 0.386 e. The van der Waals surface area contributed by atoms with Crippen LogP contribution in [0.3, 0.4) is 0 Å². The minimum atomic E-state index is -0.598. The van der Waals surface area contributed by atoms with Crippen molar-refractivity contribution in [3.8, 4) is 0 Å². The molecule has 1 rings (SSSR count). The minimum absolute atomic E-state index is 0. The lowest BCUT2D eigenvalue weighted by atomic mass is 10.1. The molecule has 1 aromatic heterocycles. The van der Waals surface area contributed by atoms with Crippen LogP contribution in [-0.2, 0) is 0 Å². The second-order valence-electron chi connectivity index (χ2n) is 3.94. The van der Waals surface area contributed by atoms with Gasteiger partial charge in [0.15, 0.2) is 5.96 Å². The van der Waals surface area contributed by atoms with Crippen molar-refractivity contribution in [1.29, 1.82) is 0 Å². The monoisotopic (exact) mass is 410 g/mol. The number of rotatable bonds is 7. The molecular weight excluding hydrogens is 387 g/mol. The summed E-state index contributed by atoms with van der Waals surface area (Å²) < 4.78 is 0. The highest BCUT2D eigenvalue weighted by molar-refractivity contribution is 14.0. The van der Waals surface area contributed by atoms with E-state index >= 15 is 0 Å². The van der Waals surface area contributed by atoms with E-state index in [2.05, 4.69) is 26.9 Å². The summed E-state index contributed by atoms with van der Waals surface area (Å²) >= 11 is 1.78. The number of halogens is 1. The Morgan fingerprint density at radius 1 is 1.40 bits per heavy atom. The molecule has 1 heterocycles. The number of aliphatic hydroxyl groups is 1. The predicted molar refractivity (Wildman–Crippen MR) is 97.0 cm³/mol. The molecule has 0 radical (unpaired) electrons. The van der Waals surface area contributed by atoms with Crippen LogP contribution < -0.4 is 10.6 Å². The molecule has 0 spiro atoms. The van der Waals surface area contributed by atoms with E-state index in [0.29, 0.717) is 6.54 Å². The van der Waals surface area contributed by atoms with Crippen molar-refractivity contribution >= 4 is 41.7 Å². The van der Waals surface area contributed by atoms with Gasteiger partial charge >= 0.3 is 0 Å². The van der Waals surface area contributed by atoms with Gasteiger partial charge in [0, 0.05) is 31.2 Å². The number of aliphatic imine (C=N–C) groups is 1. The maximum Gasteiger partial charge on any atom is 0.191 e. The Hall–Kier alpha value is -0.540. The van der Waals surface area contributed by atoms with E-state index in [9.17, 15) is 5.11 Å². The first-order chi connectivity index (χ1) is 9.27. The topological polar surface area (TPSA) is 69.5 Å². The van der Waals surface area contributed by atoms with Crippen molar-refractivity contribution in [2.45, 2.75) is 13.0 Å². The molecule has 1 aromatic rings. The van der Waals surface area contributed by atoms with E-state index in [-0.39, 0.29) is 24.0 Å². The lowest BCUT2D eigenvalue weighted by Gasteiger charge is -2.12. The summed E-state index contributed by atoms with van der Waals surface area (Å²) in [7, 11) is 0. The van der Waals surface area contributed by atoms with Gasteiger partial charge in [0.05, 0.1) is 12.6 Å². The fraction of sp³-hybridized carbons (Fsp3) is 0.538. The SMILES string of the molecule is CCNC(=NCC(O)c1ccncc1)NCCSC.I. The van der Waals surface area contributed by atoms with E-state index in [4.69, 9.17) is 0 Å². The third-order valence-corrected chi connectivity index (χ3v) is 3.07. The van der Waals surface area contributed by atoms with Crippen molar-refractivity contribution in [3.63, 3.8) is 0 Å². The number of nitrogens with zero attached hydrogens (tertiary/aromatic N) is 2. The smallest absolute Gasteiger partial charge is 0.191 e. The molecular formula is C13H23IN4OS. The predicted octanol–water partition coefficient (Wildman–Crippen LogP) is 1.65. The fourth-order valence-electron chi connectivity index (χ4n) is 1.48. The van der Waals surface area contributed by atoms with Crippen LogP contribution in [0.4, 0.5) is 0 Å². The molecule has 1 atom stereocenters. The molecule has 5 nitrogen and oxygen atoms in total. The molecule has 1 unspecified atom stereocenters. The van der Waals surface area contributed by atoms with Crippen molar-refractivity contribution in [2.75, 3.05) is 31.6 Å². The highest BCUT2D eigenvalue weighted by atomic mass is 127. The Balaban J connectivity index is 0.00000361. The second kappa shape index (κ2) is 12.2. The van der Waals surface area contributed by atoms with Crippen LogP contribution in [0.25, 0.3) is 0 Å². The van der Waals surface area contributed by atoms with E-state index in [1.165, 1.54) is 0 Å². The summed E-state index contributed by atoms with van der Waals surface area (Å²) in [4.78, 5) is 8.30. The summed E-state index contributed by atoms with van der Waals surface area (Å²) in [6.07, 6.45) is 4.81. The molecule has 0 aliphatic rings. The first-order valence-corrected chi connectivity index (χ1v) is 7.76. The molecule has 0 saturated heterocycles. The lowest BCUT2D eigenvalue weighted by molar-refractivity contribution is 0.187. The number of nitrogens with one attached hydrogen (secondary N) is 2. The Labute approximate surface area is 142 Å². The molecule has 0 saturated carbocycles. The van der Waals surface area contributed by atoms with Crippen LogP contribution in [0.2, 0.25) is 0 Å². The summed E-state index contributed by atoms with van der Waals surface area (Å²) in [6.45, 7) is 4.01. The van der Waals surface area contributed by atoms with Crippen LogP contribution in [0.5, 0.6) is 0 Å². The van der Waals surface area contributed by atoms with Gasteiger partial charge in [-0.3, -0.25) is 9.98 Å². The third kappa shape index (κ3) is 7.91. The Bertz CT molecular complexity index is 378. The quantitative estimate of drug-likeness (QED) is 0.276. The van der Waals surface area contributed by atoms with Crippen LogP contribution in [0.1, 0.15) is 18.6 Å². The zero-order chi connectivity index (χ0) is 13.9. The number of pyridine rings is 1. The van der Waals surface area contributed by atoms with Crippen LogP contribution >= 0.6 is 35.7 Å². The van der Waals surface area contributed by atoms with Gasteiger partial charge in [-0.2, -0.15) is 11.8 Å². The standard InChI is InChI=1S/C13H22N4OS.HI/c1-3-15-13(16-8-9-19-2)17-10-12(18)11-4-6-14-7-5-11;/h4-7,12,18H,3,8-10H2,1-2H3,(H2,15,16,17);1H. The lowest BCUT2D eigenvalue weighted by Crippen LogP contribution is -2.38. The first-order valence-electron chi connectivity index (χ1n) is 6.37. The van der Waals surface area contributed by atoms with Crippen LogP contribution in [-0.4, -0.2) is 47.7 Å². The van der Waals surface area contributed by atoms with Gasteiger partial charge in [-0.05, 0) is 30.9 Å². The molecule has 3 N–H and O–H groups in total. The number of thioether (sulfide) groups is 1. The zero-order valence-corrected chi connectivity index (χ0v) is 15.0. The van der Waals surface area contributed by atoms with Crippen LogP contribution in [0.15, 0.2) is 29.5 Å². The highest BCUT2D eigenvalue weighted by Crippen LogP contribution is 2.10. The average molecular weight is 410 g/mol. The molecule has 0 amide bonds. The number of hydrogen-bond acceptors (Lipinski definition) is 4. The van der Waals surface area contributed by atoms with Gasteiger partial charge in [0.25, 0.3) is 0 Å². The van der Waals surface area contributed by atoms with Crippen molar-refractivity contribution < 1.29 is 5.11 Å². The molecule has 114 valence electrons. The average Bonchev–Trinajstić information content (AvgIpc) is 2.45. The minimum Gasteiger partial charge on any atom is -0.386 e. The van der Waals surface area contributed by atoms with Gasteiger partial charge in [0.1, 0.15) is 0 Å². The third-order valence-electron chi connectivity index (χ3n) is 2.46. The van der Waals surface area contributed by atoms with E-state index in [1.54, 1.807) is 36.3 Å². The molecule has 20 heavy (non-hydrogen) atoms.